The number of aryl methyl sites for hydroxylation is 3. The molecule has 0 unspecified atom stereocenters. The molecule has 0 amide bonds. The van der Waals surface area contributed by atoms with Crippen LogP contribution in [0.5, 0.6) is 11.6 Å². The van der Waals surface area contributed by atoms with Crippen molar-refractivity contribution in [2.24, 2.45) is 0 Å². The predicted molar refractivity (Wildman–Crippen MR) is 86.3 cm³/mol. The Labute approximate surface area is 126 Å². The van der Waals surface area contributed by atoms with E-state index >= 15 is 0 Å². The maximum Gasteiger partial charge on any atom is 0.227 e. The molecular formula is C17H23N3O. The molecule has 4 nitrogen and oxygen atoms in total. The molecule has 0 aliphatic carbocycles. The zero-order chi connectivity index (χ0) is 15.4. The summed E-state index contributed by atoms with van der Waals surface area (Å²) >= 11 is 0. The molecule has 112 valence electrons. The van der Waals surface area contributed by atoms with Gasteiger partial charge in [0.25, 0.3) is 0 Å². The van der Waals surface area contributed by atoms with Crippen molar-refractivity contribution < 1.29 is 4.74 Å². The van der Waals surface area contributed by atoms with Crippen LogP contribution in [0.4, 0.5) is 5.82 Å². The van der Waals surface area contributed by atoms with Crippen molar-refractivity contribution in [2.75, 3.05) is 11.9 Å². The molecule has 0 atom stereocenters. The molecule has 0 aliphatic heterocycles. The first kappa shape index (κ1) is 15.3. The van der Waals surface area contributed by atoms with Crippen LogP contribution < -0.4 is 10.1 Å². The maximum absolute atomic E-state index is 5.98. The van der Waals surface area contributed by atoms with Gasteiger partial charge in [-0.3, -0.25) is 0 Å². The van der Waals surface area contributed by atoms with Gasteiger partial charge in [-0.15, -0.1) is 0 Å². The molecular weight excluding hydrogens is 262 g/mol. The number of nitrogens with zero attached hydrogens (tertiary/aromatic N) is 2. The lowest BCUT2D eigenvalue weighted by molar-refractivity contribution is 0.455. The highest BCUT2D eigenvalue weighted by molar-refractivity contribution is 5.50. The number of ether oxygens (including phenoxy) is 1. The Morgan fingerprint density at radius 3 is 2.29 bits per heavy atom. The molecule has 0 fully saturated rings. The summed E-state index contributed by atoms with van der Waals surface area (Å²) in [4.78, 5) is 8.87. The molecule has 1 aromatic carbocycles. The summed E-state index contributed by atoms with van der Waals surface area (Å²) in [5, 5.41) is 3.32. The van der Waals surface area contributed by atoms with Crippen molar-refractivity contribution in [1.29, 1.82) is 0 Å². The molecule has 0 bridgehead atoms. The second-order valence-corrected chi connectivity index (χ2v) is 5.40. The molecule has 2 aromatic rings. The average Bonchev–Trinajstić information content (AvgIpc) is 2.39. The van der Waals surface area contributed by atoms with Gasteiger partial charge in [-0.05, 0) is 57.4 Å². The lowest BCUT2D eigenvalue weighted by Gasteiger charge is -2.13. The summed E-state index contributed by atoms with van der Waals surface area (Å²) in [6.07, 6.45) is 1.05. The Morgan fingerprint density at radius 1 is 1.00 bits per heavy atom. The Morgan fingerprint density at radius 2 is 1.67 bits per heavy atom. The van der Waals surface area contributed by atoms with Crippen molar-refractivity contribution in [3.8, 4) is 11.6 Å². The highest BCUT2D eigenvalue weighted by Crippen LogP contribution is 2.28. The van der Waals surface area contributed by atoms with E-state index in [0.29, 0.717) is 11.7 Å². The first-order valence-corrected chi connectivity index (χ1v) is 7.35. The van der Waals surface area contributed by atoms with Crippen LogP contribution in [0.2, 0.25) is 0 Å². The maximum atomic E-state index is 5.98. The minimum absolute atomic E-state index is 0.617. The van der Waals surface area contributed by atoms with E-state index in [2.05, 4.69) is 42.1 Å². The van der Waals surface area contributed by atoms with Gasteiger partial charge in [0.15, 0.2) is 0 Å². The summed E-state index contributed by atoms with van der Waals surface area (Å²) in [6, 6.07) is 6.16. The molecule has 1 heterocycles. The first-order chi connectivity index (χ1) is 9.99. The molecule has 0 radical (unpaired) electrons. The van der Waals surface area contributed by atoms with Crippen molar-refractivity contribution in [3.05, 3.63) is 40.7 Å². The third-order valence-electron chi connectivity index (χ3n) is 3.17. The molecule has 0 saturated heterocycles. The Kier molecular flexibility index (Phi) is 4.78. The lowest BCUT2D eigenvalue weighted by atomic mass is 10.1. The standard InChI is InChI=1S/C17H23N3O/c1-6-7-18-16-13(4)17(20-14(5)19-16)21-15-9-11(2)8-12(3)10-15/h8-10H,6-7H2,1-5H3,(H,18,19,20). The van der Waals surface area contributed by atoms with Crippen molar-refractivity contribution in [2.45, 2.75) is 41.0 Å². The summed E-state index contributed by atoms with van der Waals surface area (Å²) in [5.74, 6) is 2.99. The van der Waals surface area contributed by atoms with Crippen LogP contribution in [0.3, 0.4) is 0 Å². The molecule has 1 N–H and O–H groups in total. The van der Waals surface area contributed by atoms with Gasteiger partial charge in [0, 0.05) is 6.54 Å². The van der Waals surface area contributed by atoms with Gasteiger partial charge in [-0.25, -0.2) is 4.98 Å². The largest absolute Gasteiger partial charge is 0.439 e. The van der Waals surface area contributed by atoms with E-state index in [1.807, 2.05) is 26.0 Å². The summed E-state index contributed by atoms with van der Waals surface area (Å²) < 4.78 is 5.98. The Balaban J connectivity index is 2.32. The Hall–Kier alpha value is -2.10. The van der Waals surface area contributed by atoms with Crippen LogP contribution in [0.15, 0.2) is 18.2 Å². The van der Waals surface area contributed by atoms with Crippen LogP contribution in [-0.4, -0.2) is 16.5 Å². The monoisotopic (exact) mass is 285 g/mol. The molecule has 0 saturated carbocycles. The second-order valence-electron chi connectivity index (χ2n) is 5.40. The average molecular weight is 285 g/mol. The van der Waals surface area contributed by atoms with Crippen LogP contribution in [0, 0.1) is 27.7 Å². The fourth-order valence-corrected chi connectivity index (χ4v) is 2.22. The van der Waals surface area contributed by atoms with Crippen molar-refractivity contribution >= 4 is 5.82 Å². The normalized spacial score (nSPS) is 10.5. The third-order valence-corrected chi connectivity index (χ3v) is 3.17. The van der Waals surface area contributed by atoms with Crippen LogP contribution in [0.25, 0.3) is 0 Å². The number of aromatic nitrogens is 2. The fourth-order valence-electron chi connectivity index (χ4n) is 2.22. The van der Waals surface area contributed by atoms with Gasteiger partial charge in [-0.1, -0.05) is 13.0 Å². The molecule has 0 aliphatic rings. The smallest absolute Gasteiger partial charge is 0.227 e. The van der Waals surface area contributed by atoms with E-state index < -0.39 is 0 Å². The minimum atomic E-state index is 0.617. The predicted octanol–water partition coefficient (Wildman–Crippen LogP) is 4.32. The summed E-state index contributed by atoms with van der Waals surface area (Å²) in [7, 11) is 0. The van der Waals surface area contributed by atoms with E-state index in [1.165, 1.54) is 11.1 Å². The topological polar surface area (TPSA) is 47.0 Å². The molecule has 0 spiro atoms. The zero-order valence-electron chi connectivity index (χ0n) is 13.4. The lowest BCUT2D eigenvalue weighted by Crippen LogP contribution is -2.07. The van der Waals surface area contributed by atoms with Gasteiger partial charge in [0.2, 0.25) is 5.88 Å². The van der Waals surface area contributed by atoms with Crippen LogP contribution >= 0.6 is 0 Å². The van der Waals surface area contributed by atoms with Crippen molar-refractivity contribution in [1.82, 2.24) is 9.97 Å². The number of hydrogen-bond acceptors (Lipinski definition) is 4. The highest BCUT2D eigenvalue weighted by Gasteiger charge is 2.11. The quantitative estimate of drug-likeness (QED) is 0.888. The first-order valence-electron chi connectivity index (χ1n) is 7.35. The Bertz CT molecular complexity index is 618. The number of nitrogens with one attached hydrogen (secondary N) is 1. The zero-order valence-corrected chi connectivity index (χ0v) is 13.4. The van der Waals surface area contributed by atoms with Gasteiger partial charge in [0.05, 0.1) is 5.56 Å². The van der Waals surface area contributed by atoms with Crippen LogP contribution in [-0.2, 0) is 0 Å². The van der Waals surface area contributed by atoms with E-state index in [-0.39, 0.29) is 0 Å². The van der Waals surface area contributed by atoms with Crippen molar-refractivity contribution in [3.63, 3.8) is 0 Å². The number of anilines is 1. The van der Waals surface area contributed by atoms with Crippen LogP contribution in [0.1, 0.15) is 35.9 Å². The minimum Gasteiger partial charge on any atom is -0.439 e. The summed E-state index contributed by atoms with van der Waals surface area (Å²) in [6.45, 7) is 11.0. The van der Waals surface area contributed by atoms with E-state index in [9.17, 15) is 0 Å². The van der Waals surface area contributed by atoms with Gasteiger partial charge < -0.3 is 10.1 Å². The van der Waals surface area contributed by atoms with Gasteiger partial charge in [0.1, 0.15) is 17.4 Å². The second kappa shape index (κ2) is 6.57. The number of hydrogen-bond donors (Lipinski definition) is 1. The fraction of sp³-hybridized carbons (Fsp3) is 0.412. The highest BCUT2D eigenvalue weighted by atomic mass is 16.5. The van der Waals surface area contributed by atoms with E-state index in [0.717, 1.165) is 30.1 Å². The molecule has 1 aromatic heterocycles. The molecule has 2 rings (SSSR count). The molecule has 4 heteroatoms. The molecule has 21 heavy (non-hydrogen) atoms. The van der Waals surface area contributed by atoms with Gasteiger partial charge in [-0.2, -0.15) is 4.98 Å². The third kappa shape index (κ3) is 3.94. The summed E-state index contributed by atoms with van der Waals surface area (Å²) in [5.41, 5.74) is 3.30. The number of benzene rings is 1. The number of rotatable bonds is 5. The van der Waals surface area contributed by atoms with E-state index in [4.69, 9.17) is 4.74 Å². The van der Waals surface area contributed by atoms with E-state index in [1.54, 1.807) is 0 Å². The van der Waals surface area contributed by atoms with Gasteiger partial charge >= 0.3 is 0 Å². The SMILES string of the molecule is CCCNc1nc(C)nc(Oc2cc(C)cc(C)c2)c1C.